The molecule has 0 radical (unpaired) electrons. The lowest BCUT2D eigenvalue weighted by Crippen LogP contribution is -2.52. The van der Waals surface area contributed by atoms with Crippen LogP contribution in [-0.2, 0) is 14.3 Å². The van der Waals surface area contributed by atoms with E-state index < -0.39 is 5.54 Å². The lowest BCUT2D eigenvalue weighted by molar-refractivity contribution is -0.150. The number of likely N-dealkylation sites (N-methyl/N-ethyl adjacent to an activating group) is 1. The number of hydrogen-bond donors (Lipinski definition) is 1. The fourth-order valence-electron chi connectivity index (χ4n) is 1.11. The van der Waals surface area contributed by atoms with Crippen LogP contribution in [0.15, 0.2) is 0 Å². The average Bonchev–Trinajstić information content (AvgIpc) is 2.21. The van der Waals surface area contributed by atoms with Gasteiger partial charge in [-0.05, 0) is 25.8 Å². The van der Waals surface area contributed by atoms with Gasteiger partial charge in [-0.25, -0.2) is 4.79 Å². The minimum atomic E-state index is -0.757. The van der Waals surface area contributed by atoms with Gasteiger partial charge in [0.15, 0.2) is 0 Å². The number of rotatable bonds is 6. The highest BCUT2D eigenvalue weighted by atomic mass is 16.5. The summed E-state index contributed by atoms with van der Waals surface area (Å²) in [6.45, 7) is 9.23. The van der Waals surface area contributed by atoms with Crippen LogP contribution in [0.4, 0.5) is 0 Å². The molecule has 0 fully saturated rings. The SMILES string of the molecule is CNC(C)(COCCC(C)(C)C)C(=O)OC. The van der Waals surface area contributed by atoms with Crippen LogP contribution < -0.4 is 5.32 Å². The third kappa shape index (κ3) is 5.47. The van der Waals surface area contributed by atoms with Crippen molar-refractivity contribution in [3.05, 3.63) is 0 Å². The molecule has 1 N–H and O–H groups in total. The first-order valence-electron chi connectivity index (χ1n) is 5.60. The number of nitrogens with one attached hydrogen (secondary N) is 1. The summed E-state index contributed by atoms with van der Waals surface area (Å²) in [5.74, 6) is -0.300. The minimum Gasteiger partial charge on any atom is -0.468 e. The standard InChI is InChI=1S/C12H25NO3/c1-11(2,3)7-8-16-9-12(4,13-5)10(14)15-6/h13H,7-9H2,1-6H3. The molecule has 0 rings (SSSR count). The molecule has 96 valence electrons. The van der Waals surface area contributed by atoms with Crippen molar-refractivity contribution in [2.75, 3.05) is 27.4 Å². The zero-order valence-corrected chi connectivity index (χ0v) is 11.3. The molecule has 0 saturated heterocycles. The molecule has 0 aromatic heterocycles. The van der Waals surface area contributed by atoms with Gasteiger partial charge in [-0.3, -0.25) is 0 Å². The third-order valence-electron chi connectivity index (χ3n) is 2.57. The van der Waals surface area contributed by atoms with Crippen LogP contribution in [0.25, 0.3) is 0 Å². The lowest BCUT2D eigenvalue weighted by Gasteiger charge is -2.26. The van der Waals surface area contributed by atoms with E-state index in [9.17, 15) is 4.79 Å². The van der Waals surface area contributed by atoms with Crippen LogP contribution in [0.3, 0.4) is 0 Å². The van der Waals surface area contributed by atoms with Crippen LogP contribution >= 0.6 is 0 Å². The maximum atomic E-state index is 11.5. The number of hydrogen-bond acceptors (Lipinski definition) is 4. The largest absolute Gasteiger partial charge is 0.468 e. The van der Waals surface area contributed by atoms with Gasteiger partial charge in [0.1, 0.15) is 5.54 Å². The van der Waals surface area contributed by atoms with Crippen LogP contribution in [-0.4, -0.2) is 38.9 Å². The topological polar surface area (TPSA) is 47.6 Å². The zero-order chi connectivity index (χ0) is 12.8. The van der Waals surface area contributed by atoms with Gasteiger partial charge in [-0.2, -0.15) is 0 Å². The molecule has 0 spiro atoms. The van der Waals surface area contributed by atoms with Crippen molar-refractivity contribution in [2.45, 2.75) is 39.7 Å². The van der Waals surface area contributed by atoms with Gasteiger partial charge in [-0.15, -0.1) is 0 Å². The van der Waals surface area contributed by atoms with E-state index in [1.54, 1.807) is 14.0 Å². The van der Waals surface area contributed by atoms with Crippen molar-refractivity contribution in [2.24, 2.45) is 5.41 Å². The predicted molar refractivity (Wildman–Crippen MR) is 64.4 cm³/mol. The number of esters is 1. The lowest BCUT2D eigenvalue weighted by atomic mass is 9.93. The van der Waals surface area contributed by atoms with E-state index in [1.807, 2.05) is 0 Å². The Morgan fingerprint density at radius 2 is 1.81 bits per heavy atom. The Labute approximate surface area is 98.7 Å². The highest BCUT2D eigenvalue weighted by Gasteiger charge is 2.32. The number of carbonyl (C=O) groups is 1. The molecule has 0 aromatic carbocycles. The van der Waals surface area contributed by atoms with Crippen molar-refractivity contribution < 1.29 is 14.3 Å². The first kappa shape index (κ1) is 15.4. The molecule has 4 nitrogen and oxygen atoms in total. The fraction of sp³-hybridized carbons (Fsp3) is 0.917. The van der Waals surface area contributed by atoms with Gasteiger partial charge in [-0.1, -0.05) is 20.8 Å². The van der Waals surface area contributed by atoms with E-state index in [2.05, 4.69) is 26.1 Å². The van der Waals surface area contributed by atoms with E-state index in [1.165, 1.54) is 7.11 Å². The van der Waals surface area contributed by atoms with Gasteiger partial charge in [0, 0.05) is 6.61 Å². The van der Waals surface area contributed by atoms with E-state index in [0.29, 0.717) is 13.2 Å². The number of methoxy groups -OCH3 is 1. The van der Waals surface area contributed by atoms with Gasteiger partial charge in [0.2, 0.25) is 0 Å². The van der Waals surface area contributed by atoms with Crippen molar-refractivity contribution in [1.82, 2.24) is 5.32 Å². The predicted octanol–water partition coefficient (Wildman–Crippen LogP) is 1.59. The molecule has 0 saturated carbocycles. The second kappa shape index (κ2) is 6.21. The van der Waals surface area contributed by atoms with Crippen molar-refractivity contribution in [1.29, 1.82) is 0 Å². The van der Waals surface area contributed by atoms with Gasteiger partial charge in [0.25, 0.3) is 0 Å². The molecule has 4 heteroatoms. The molecule has 1 atom stereocenters. The minimum absolute atomic E-state index is 0.251. The van der Waals surface area contributed by atoms with Crippen LogP contribution in [0, 0.1) is 5.41 Å². The monoisotopic (exact) mass is 231 g/mol. The first-order valence-corrected chi connectivity index (χ1v) is 5.60. The summed E-state index contributed by atoms with van der Waals surface area (Å²) < 4.78 is 10.2. The van der Waals surface area contributed by atoms with E-state index in [0.717, 1.165) is 6.42 Å². The molecule has 0 aliphatic heterocycles. The average molecular weight is 231 g/mol. The van der Waals surface area contributed by atoms with Crippen molar-refractivity contribution >= 4 is 5.97 Å². The molecule has 0 aromatic rings. The van der Waals surface area contributed by atoms with Crippen LogP contribution in [0.5, 0.6) is 0 Å². The highest BCUT2D eigenvalue weighted by molar-refractivity contribution is 5.80. The molecular formula is C12H25NO3. The maximum absolute atomic E-state index is 11.5. The Balaban J connectivity index is 4.02. The zero-order valence-electron chi connectivity index (χ0n) is 11.3. The van der Waals surface area contributed by atoms with E-state index in [-0.39, 0.29) is 11.4 Å². The second-order valence-electron chi connectivity index (χ2n) is 5.44. The smallest absolute Gasteiger partial charge is 0.328 e. The Hall–Kier alpha value is -0.610. The Kier molecular flexibility index (Phi) is 5.97. The Bertz CT molecular complexity index is 223. The molecule has 0 aliphatic carbocycles. The molecular weight excluding hydrogens is 206 g/mol. The summed E-state index contributed by atoms with van der Waals surface area (Å²) >= 11 is 0. The molecule has 0 aliphatic rings. The molecule has 0 amide bonds. The fourth-order valence-corrected chi connectivity index (χ4v) is 1.11. The molecule has 1 unspecified atom stereocenters. The van der Waals surface area contributed by atoms with Gasteiger partial charge < -0.3 is 14.8 Å². The molecule has 0 heterocycles. The summed E-state index contributed by atoms with van der Waals surface area (Å²) in [6, 6.07) is 0. The van der Waals surface area contributed by atoms with Crippen LogP contribution in [0.1, 0.15) is 34.1 Å². The Morgan fingerprint density at radius 1 is 1.25 bits per heavy atom. The summed E-state index contributed by atoms with van der Waals surface area (Å²) in [5.41, 5.74) is -0.506. The summed E-state index contributed by atoms with van der Waals surface area (Å²) in [4.78, 5) is 11.5. The van der Waals surface area contributed by atoms with Crippen molar-refractivity contribution in [3.8, 4) is 0 Å². The number of carbonyl (C=O) groups excluding carboxylic acids is 1. The third-order valence-corrected chi connectivity index (χ3v) is 2.57. The first-order chi connectivity index (χ1) is 7.25. The summed E-state index contributed by atoms with van der Waals surface area (Å²) in [5, 5.41) is 2.93. The maximum Gasteiger partial charge on any atom is 0.328 e. The Morgan fingerprint density at radius 3 is 2.19 bits per heavy atom. The van der Waals surface area contributed by atoms with E-state index in [4.69, 9.17) is 9.47 Å². The normalized spacial score (nSPS) is 15.6. The summed E-state index contributed by atoms with van der Waals surface area (Å²) in [7, 11) is 3.11. The highest BCUT2D eigenvalue weighted by Crippen LogP contribution is 2.18. The molecule has 0 bridgehead atoms. The van der Waals surface area contributed by atoms with Crippen molar-refractivity contribution in [3.63, 3.8) is 0 Å². The molecule has 16 heavy (non-hydrogen) atoms. The van der Waals surface area contributed by atoms with Gasteiger partial charge >= 0.3 is 5.97 Å². The van der Waals surface area contributed by atoms with Crippen LogP contribution in [0.2, 0.25) is 0 Å². The van der Waals surface area contributed by atoms with Gasteiger partial charge in [0.05, 0.1) is 13.7 Å². The second-order valence-corrected chi connectivity index (χ2v) is 5.44. The number of ether oxygens (including phenoxy) is 2. The van der Waals surface area contributed by atoms with E-state index >= 15 is 0 Å². The summed E-state index contributed by atoms with van der Waals surface area (Å²) in [6.07, 6.45) is 0.966. The quantitative estimate of drug-likeness (QED) is 0.557.